The molecule has 30 heavy (non-hydrogen) atoms. The molecule has 2 heterocycles. The number of likely N-dealkylation sites (tertiary alicyclic amines) is 1. The number of benzene rings is 1. The highest BCUT2D eigenvalue weighted by atomic mass is 19.4. The molecule has 0 radical (unpaired) electrons. The lowest BCUT2D eigenvalue weighted by molar-refractivity contribution is -0.274. The van der Waals surface area contributed by atoms with Gasteiger partial charge in [-0.2, -0.15) is 0 Å². The molecule has 0 aliphatic carbocycles. The third kappa shape index (κ3) is 6.42. The Morgan fingerprint density at radius 3 is 2.57 bits per heavy atom. The molecule has 0 saturated carbocycles. The predicted molar refractivity (Wildman–Crippen MR) is 101 cm³/mol. The Balaban J connectivity index is 1.46. The molecule has 1 aliphatic rings. The monoisotopic (exact) mass is 427 g/mol. The zero-order chi connectivity index (χ0) is 21.6. The summed E-state index contributed by atoms with van der Waals surface area (Å²) in [6.45, 7) is 2.61. The predicted octanol–water partition coefficient (Wildman–Crippen LogP) is 2.13. The fraction of sp³-hybridized carbons (Fsp3) is 0.526. The van der Waals surface area contributed by atoms with Crippen LogP contribution in [0.15, 0.2) is 30.5 Å². The lowest BCUT2D eigenvalue weighted by atomic mass is 10.0. The molecular weight excluding hydrogens is 403 g/mol. The van der Waals surface area contributed by atoms with Crippen LogP contribution in [-0.2, 0) is 6.54 Å². The van der Waals surface area contributed by atoms with E-state index in [0.717, 1.165) is 31.5 Å². The summed E-state index contributed by atoms with van der Waals surface area (Å²) in [5, 5.41) is 19.4. The number of carbonyl (C=O) groups is 1. The van der Waals surface area contributed by atoms with Crippen molar-refractivity contribution in [2.75, 3.05) is 26.2 Å². The number of rotatable bonds is 8. The van der Waals surface area contributed by atoms with Crippen molar-refractivity contribution in [2.24, 2.45) is 0 Å². The molecule has 1 aliphatic heterocycles. The number of piperidine rings is 1. The van der Waals surface area contributed by atoms with Crippen molar-refractivity contribution < 1.29 is 27.8 Å². The number of hydrogen-bond donors (Lipinski definition) is 2. The Bertz CT molecular complexity index is 818. The van der Waals surface area contributed by atoms with E-state index in [2.05, 4.69) is 25.3 Å². The van der Waals surface area contributed by atoms with Crippen molar-refractivity contribution in [1.29, 1.82) is 0 Å². The molecule has 164 valence electrons. The van der Waals surface area contributed by atoms with Gasteiger partial charge in [-0.05, 0) is 37.0 Å². The zero-order valence-electron chi connectivity index (χ0n) is 16.3. The van der Waals surface area contributed by atoms with Crippen LogP contribution in [0.3, 0.4) is 0 Å². The van der Waals surface area contributed by atoms with E-state index in [1.807, 2.05) is 0 Å². The maximum absolute atomic E-state index is 12.2. The van der Waals surface area contributed by atoms with Gasteiger partial charge in [0.1, 0.15) is 5.75 Å². The van der Waals surface area contributed by atoms with Gasteiger partial charge in [0.05, 0.1) is 12.2 Å². The Hall–Kier alpha value is -2.66. The number of nitrogens with one attached hydrogen (secondary N) is 1. The minimum Gasteiger partial charge on any atom is -0.406 e. The summed E-state index contributed by atoms with van der Waals surface area (Å²) in [4.78, 5) is 14.2. The van der Waals surface area contributed by atoms with Crippen molar-refractivity contribution in [3.05, 3.63) is 41.7 Å². The van der Waals surface area contributed by atoms with E-state index in [1.165, 1.54) is 12.1 Å². The number of ether oxygens (including phenoxy) is 1. The molecule has 1 aromatic carbocycles. The Labute approximate surface area is 171 Å². The van der Waals surface area contributed by atoms with Crippen LogP contribution in [0.1, 0.15) is 41.4 Å². The first kappa shape index (κ1) is 22.0. The first-order valence-corrected chi connectivity index (χ1v) is 9.72. The van der Waals surface area contributed by atoms with E-state index in [1.54, 1.807) is 23.0 Å². The highest BCUT2D eigenvalue weighted by Gasteiger charge is 2.31. The summed E-state index contributed by atoms with van der Waals surface area (Å²) in [5.74, 6) is -0.544. The van der Waals surface area contributed by atoms with Crippen LogP contribution in [0.25, 0.3) is 0 Å². The number of aliphatic hydroxyl groups is 1. The Morgan fingerprint density at radius 1 is 1.23 bits per heavy atom. The highest BCUT2D eigenvalue weighted by Crippen LogP contribution is 2.25. The molecule has 0 atom stereocenters. The quantitative estimate of drug-likeness (QED) is 0.627. The maximum atomic E-state index is 12.2. The summed E-state index contributed by atoms with van der Waals surface area (Å²) in [5.41, 5.74) is 1.15. The van der Waals surface area contributed by atoms with E-state index >= 15 is 0 Å². The van der Waals surface area contributed by atoms with Gasteiger partial charge in [-0.15, -0.1) is 18.3 Å². The first-order valence-electron chi connectivity index (χ1n) is 9.72. The molecule has 1 fully saturated rings. The van der Waals surface area contributed by atoms with Crippen LogP contribution in [0.5, 0.6) is 5.75 Å². The molecule has 0 unspecified atom stereocenters. The molecule has 0 spiro atoms. The first-order chi connectivity index (χ1) is 14.3. The fourth-order valence-corrected chi connectivity index (χ4v) is 3.33. The Kier molecular flexibility index (Phi) is 7.27. The SMILES string of the molecule is O=C(NCCCO)c1cn(C2CCN(Cc3ccc(OC(F)(F)F)cc3)CC2)nn1. The largest absolute Gasteiger partial charge is 0.573 e. The van der Waals surface area contributed by atoms with Crippen LogP contribution < -0.4 is 10.1 Å². The molecule has 3 rings (SSSR count). The summed E-state index contributed by atoms with van der Waals surface area (Å²) in [6, 6.07) is 6.03. The molecule has 2 N–H and O–H groups in total. The van der Waals surface area contributed by atoms with Crippen LogP contribution >= 0.6 is 0 Å². The summed E-state index contributed by atoms with van der Waals surface area (Å²) in [7, 11) is 0. The average molecular weight is 427 g/mol. The zero-order valence-corrected chi connectivity index (χ0v) is 16.3. The second-order valence-corrected chi connectivity index (χ2v) is 7.12. The molecular formula is C19H24F3N5O3. The topological polar surface area (TPSA) is 92.5 Å². The molecule has 8 nitrogen and oxygen atoms in total. The number of alkyl halides is 3. The molecule has 1 aromatic heterocycles. The minimum absolute atomic E-state index is 0.0109. The third-order valence-electron chi connectivity index (χ3n) is 4.86. The number of aliphatic hydroxyl groups excluding tert-OH is 1. The molecule has 1 amide bonds. The molecule has 11 heteroatoms. The van der Waals surface area contributed by atoms with Crippen molar-refractivity contribution in [3.63, 3.8) is 0 Å². The number of hydrogen-bond acceptors (Lipinski definition) is 6. The summed E-state index contributed by atoms with van der Waals surface area (Å²) >= 11 is 0. The van der Waals surface area contributed by atoms with Gasteiger partial charge in [-0.25, -0.2) is 4.68 Å². The number of carbonyl (C=O) groups excluding carboxylic acids is 1. The van der Waals surface area contributed by atoms with Crippen LogP contribution in [0, 0.1) is 0 Å². The van der Waals surface area contributed by atoms with Gasteiger partial charge in [0.15, 0.2) is 5.69 Å². The maximum Gasteiger partial charge on any atom is 0.573 e. The summed E-state index contributed by atoms with van der Waals surface area (Å²) in [6.07, 6.45) is -0.927. The van der Waals surface area contributed by atoms with Crippen molar-refractivity contribution in [1.82, 2.24) is 25.2 Å². The lowest BCUT2D eigenvalue weighted by Gasteiger charge is -2.31. The van der Waals surface area contributed by atoms with Gasteiger partial charge in [0, 0.05) is 32.8 Å². The van der Waals surface area contributed by atoms with Gasteiger partial charge in [0.2, 0.25) is 0 Å². The average Bonchev–Trinajstić information content (AvgIpc) is 3.19. The summed E-state index contributed by atoms with van der Waals surface area (Å²) < 4.78 is 42.3. The van der Waals surface area contributed by atoms with E-state index in [4.69, 9.17) is 5.11 Å². The van der Waals surface area contributed by atoms with Crippen molar-refractivity contribution >= 4 is 5.91 Å². The fourth-order valence-electron chi connectivity index (χ4n) is 3.33. The highest BCUT2D eigenvalue weighted by molar-refractivity contribution is 5.91. The second kappa shape index (κ2) is 9.90. The van der Waals surface area contributed by atoms with E-state index < -0.39 is 6.36 Å². The normalized spacial score (nSPS) is 15.9. The molecule has 1 saturated heterocycles. The van der Waals surface area contributed by atoms with Crippen molar-refractivity contribution in [2.45, 2.75) is 38.2 Å². The van der Waals surface area contributed by atoms with Crippen molar-refractivity contribution in [3.8, 4) is 5.75 Å². The number of nitrogens with zero attached hydrogens (tertiary/aromatic N) is 4. The van der Waals surface area contributed by atoms with Crippen LogP contribution in [0.4, 0.5) is 13.2 Å². The van der Waals surface area contributed by atoms with Gasteiger partial charge >= 0.3 is 6.36 Å². The number of amides is 1. The Morgan fingerprint density at radius 2 is 1.93 bits per heavy atom. The van der Waals surface area contributed by atoms with Gasteiger partial charge < -0.3 is 15.2 Å². The van der Waals surface area contributed by atoms with Crippen LogP contribution in [-0.4, -0.2) is 63.5 Å². The molecule has 0 bridgehead atoms. The second-order valence-electron chi connectivity index (χ2n) is 7.12. The van der Waals surface area contributed by atoms with Gasteiger partial charge in [-0.1, -0.05) is 17.3 Å². The van der Waals surface area contributed by atoms with E-state index in [9.17, 15) is 18.0 Å². The van der Waals surface area contributed by atoms with E-state index in [-0.39, 0.29) is 30.0 Å². The van der Waals surface area contributed by atoms with Gasteiger partial charge in [0.25, 0.3) is 5.91 Å². The smallest absolute Gasteiger partial charge is 0.406 e. The third-order valence-corrected chi connectivity index (χ3v) is 4.86. The van der Waals surface area contributed by atoms with Gasteiger partial charge in [-0.3, -0.25) is 9.69 Å². The number of aromatic nitrogens is 3. The number of halogens is 3. The van der Waals surface area contributed by atoms with E-state index in [0.29, 0.717) is 19.5 Å². The lowest BCUT2D eigenvalue weighted by Crippen LogP contribution is -2.34. The standard InChI is InChI=1S/C19H24F3N5O3/c20-19(21,22)30-16-4-2-14(3-5-16)12-26-9-6-15(7-10-26)27-13-17(24-25-27)18(29)23-8-1-11-28/h2-5,13,15,28H,1,6-12H2,(H,23,29). The van der Waals surface area contributed by atoms with Crippen LogP contribution in [0.2, 0.25) is 0 Å². The minimum atomic E-state index is -4.69. The molecule has 2 aromatic rings.